The van der Waals surface area contributed by atoms with Crippen LogP contribution >= 0.6 is 11.6 Å². The monoisotopic (exact) mass is 369 g/mol. The summed E-state index contributed by atoms with van der Waals surface area (Å²) < 4.78 is 0. The van der Waals surface area contributed by atoms with Crippen LogP contribution in [0, 0.1) is 11.8 Å². The molecule has 2 aromatic rings. The van der Waals surface area contributed by atoms with E-state index in [9.17, 15) is 0 Å². The first-order valence-corrected chi connectivity index (χ1v) is 9.98. The molecule has 0 amide bonds. The predicted molar refractivity (Wildman–Crippen MR) is 117 cm³/mol. The molecule has 0 fully saturated rings. The molecule has 26 heavy (non-hydrogen) atoms. The van der Waals surface area contributed by atoms with Crippen LogP contribution < -0.4 is 0 Å². The van der Waals surface area contributed by atoms with Gasteiger partial charge in [0.25, 0.3) is 0 Å². The largest absolute Gasteiger partial charge is 0.299 e. The maximum atomic E-state index is 5.98. The molecular formula is C24H32ClN. The van der Waals surface area contributed by atoms with E-state index < -0.39 is 0 Å². The average Bonchev–Trinajstić information content (AvgIpc) is 2.59. The zero-order valence-corrected chi connectivity index (χ0v) is 17.6. The Morgan fingerprint density at radius 1 is 0.846 bits per heavy atom. The predicted octanol–water partition coefficient (Wildman–Crippen LogP) is 7.02. The lowest BCUT2D eigenvalue weighted by Gasteiger charge is -2.25. The molecule has 0 spiro atoms. The average molecular weight is 370 g/mol. The van der Waals surface area contributed by atoms with Crippen molar-refractivity contribution in [2.45, 2.75) is 34.6 Å². The van der Waals surface area contributed by atoms with Crippen LogP contribution in [0.5, 0.6) is 0 Å². The maximum Gasteiger partial charge on any atom is 0.0406 e. The molecule has 2 heteroatoms. The summed E-state index contributed by atoms with van der Waals surface area (Å²) in [6.07, 6.45) is 2.36. The molecule has 0 aliphatic carbocycles. The van der Waals surface area contributed by atoms with Crippen LogP contribution in [0.4, 0.5) is 0 Å². The van der Waals surface area contributed by atoms with E-state index in [-0.39, 0.29) is 0 Å². The van der Waals surface area contributed by atoms with Crippen LogP contribution in [0.25, 0.3) is 16.7 Å². The van der Waals surface area contributed by atoms with Gasteiger partial charge >= 0.3 is 0 Å². The minimum atomic E-state index is 0.695. The highest BCUT2D eigenvalue weighted by Crippen LogP contribution is 2.24. The van der Waals surface area contributed by atoms with Crippen molar-refractivity contribution in [3.8, 4) is 11.1 Å². The van der Waals surface area contributed by atoms with Crippen molar-refractivity contribution in [2.75, 3.05) is 19.6 Å². The van der Waals surface area contributed by atoms with Gasteiger partial charge in [-0.2, -0.15) is 0 Å². The van der Waals surface area contributed by atoms with E-state index in [0.717, 1.165) is 24.7 Å². The Labute approximate surface area is 164 Å². The smallest absolute Gasteiger partial charge is 0.0406 e. The van der Waals surface area contributed by atoms with Gasteiger partial charge in [-0.1, -0.05) is 81.8 Å². The van der Waals surface area contributed by atoms with E-state index in [0.29, 0.717) is 11.8 Å². The number of benzene rings is 2. The first-order chi connectivity index (χ1) is 12.3. The number of nitrogens with zero attached hydrogens (tertiary/aromatic N) is 1. The second-order valence-corrected chi connectivity index (χ2v) is 8.41. The SMILES string of the molecule is C/C(=C/CN(CC(C)C)CC(C)C)c1ccc(-c2ccc(Cl)cc2)cc1. The van der Waals surface area contributed by atoms with E-state index in [1.165, 1.54) is 22.3 Å². The summed E-state index contributed by atoms with van der Waals surface area (Å²) in [6.45, 7) is 14.7. The zero-order valence-electron chi connectivity index (χ0n) is 16.8. The summed E-state index contributed by atoms with van der Waals surface area (Å²) in [7, 11) is 0. The van der Waals surface area contributed by atoms with Crippen molar-refractivity contribution in [2.24, 2.45) is 11.8 Å². The summed E-state index contributed by atoms with van der Waals surface area (Å²) in [5, 5.41) is 0.775. The molecule has 0 N–H and O–H groups in total. The van der Waals surface area contributed by atoms with Gasteiger partial charge in [-0.25, -0.2) is 0 Å². The second kappa shape index (κ2) is 9.94. The molecule has 0 radical (unpaired) electrons. The molecule has 0 atom stereocenters. The van der Waals surface area contributed by atoms with E-state index in [4.69, 9.17) is 11.6 Å². The molecule has 0 saturated heterocycles. The standard InChI is InChI=1S/C24H32ClN/c1-18(2)16-26(17-19(3)4)15-14-20(5)21-6-8-22(9-7-21)23-10-12-24(25)13-11-23/h6-14,18-19H,15-17H2,1-5H3/b20-14-. The van der Waals surface area contributed by atoms with Crippen molar-refractivity contribution < 1.29 is 0 Å². The summed E-state index contributed by atoms with van der Waals surface area (Å²) in [5.74, 6) is 1.39. The molecule has 0 saturated carbocycles. The summed E-state index contributed by atoms with van der Waals surface area (Å²) >= 11 is 5.98. The van der Waals surface area contributed by atoms with E-state index >= 15 is 0 Å². The quantitative estimate of drug-likeness (QED) is 0.483. The molecular weight excluding hydrogens is 338 g/mol. The molecule has 0 heterocycles. The summed E-state index contributed by atoms with van der Waals surface area (Å²) in [5.41, 5.74) is 5.05. The topological polar surface area (TPSA) is 3.24 Å². The van der Waals surface area contributed by atoms with Crippen LogP contribution in [0.1, 0.15) is 40.2 Å². The number of rotatable bonds is 8. The Balaban J connectivity index is 2.06. The third-order valence-corrected chi connectivity index (χ3v) is 4.67. The fourth-order valence-electron chi connectivity index (χ4n) is 3.21. The molecule has 0 bridgehead atoms. The maximum absolute atomic E-state index is 5.98. The van der Waals surface area contributed by atoms with E-state index in [1.807, 2.05) is 12.1 Å². The molecule has 0 unspecified atom stereocenters. The summed E-state index contributed by atoms with van der Waals surface area (Å²) in [4.78, 5) is 2.56. The highest BCUT2D eigenvalue weighted by molar-refractivity contribution is 6.30. The van der Waals surface area contributed by atoms with Crippen LogP contribution in [0.15, 0.2) is 54.6 Å². The Morgan fingerprint density at radius 2 is 1.31 bits per heavy atom. The molecule has 2 rings (SSSR count). The number of allylic oxidation sites excluding steroid dienone is 1. The fraction of sp³-hybridized carbons (Fsp3) is 0.417. The van der Waals surface area contributed by atoms with Crippen LogP contribution in [0.3, 0.4) is 0 Å². The van der Waals surface area contributed by atoms with Crippen LogP contribution in [-0.4, -0.2) is 24.5 Å². The van der Waals surface area contributed by atoms with Gasteiger partial charge in [0.15, 0.2) is 0 Å². The van der Waals surface area contributed by atoms with Gasteiger partial charge in [-0.3, -0.25) is 4.90 Å². The van der Waals surface area contributed by atoms with Crippen LogP contribution in [0.2, 0.25) is 5.02 Å². The molecule has 140 valence electrons. The number of hydrogen-bond donors (Lipinski definition) is 0. The minimum absolute atomic E-state index is 0.695. The molecule has 0 aliphatic heterocycles. The van der Waals surface area contributed by atoms with Crippen molar-refractivity contribution >= 4 is 17.2 Å². The highest BCUT2D eigenvalue weighted by Gasteiger charge is 2.08. The number of halogens is 1. The lowest BCUT2D eigenvalue weighted by Crippen LogP contribution is -2.31. The zero-order chi connectivity index (χ0) is 19.1. The lowest BCUT2D eigenvalue weighted by molar-refractivity contribution is 0.241. The van der Waals surface area contributed by atoms with Gasteiger partial charge in [-0.05, 0) is 53.2 Å². The second-order valence-electron chi connectivity index (χ2n) is 7.98. The molecule has 2 aromatic carbocycles. The Hall–Kier alpha value is -1.57. The van der Waals surface area contributed by atoms with Gasteiger partial charge in [-0.15, -0.1) is 0 Å². The number of hydrogen-bond acceptors (Lipinski definition) is 1. The third kappa shape index (κ3) is 6.63. The van der Waals surface area contributed by atoms with E-state index in [2.05, 4.69) is 82.0 Å². The first kappa shape index (κ1) is 20.7. The highest BCUT2D eigenvalue weighted by atomic mass is 35.5. The van der Waals surface area contributed by atoms with Crippen molar-refractivity contribution in [3.05, 3.63) is 65.2 Å². The minimum Gasteiger partial charge on any atom is -0.299 e. The molecule has 0 aliphatic rings. The Bertz CT molecular complexity index is 686. The van der Waals surface area contributed by atoms with Gasteiger partial charge < -0.3 is 0 Å². The Morgan fingerprint density at radius 3 is 1.77 bits per heavy atom. The molecule has 0 aromatic heterocycles. The van der Waals surface area contributed by atoms with E-state index in [1.54, 1.807) is 0 Å². The van der Waals surface area contributed by atoms with Gasteiger partial charge in [0.2, 0.25) is 0 Å². The normalized spacial score (nSPS) is 12.4. The molecule has 1 nitrogen and oxygen atoms in total. The fourth-order valence-corrected chi connectivity index (χ4v) is 3.33. The third-order valence-electron chi connectivity index (χ3n) is 4.42. The van der Waals surface area contributed by atoms with Crippen LogP contribution in [-0.2, 0) is 0 Å². The van der Waals surface area contributed by atoms with Gasteiger partial charge in [0.05, 0.1) is 0 Å². The van der Waals surface area contributed by atoms with Gasteiger partial charge in [0.1, 0.15) is 0 Å². The van der Waals surface area contributed by atoms with Crippen molar-refractivity contribution in [3.63, 3.8) is 0 Å². The van der Waals surface area contributed by atoms with Crippen molar-refractivity contribution in [1.82, 2.24) is 4.90 Å². The Kier molecular flexibility index (Phi) is 7.93. The van der Waals surface area contributed by atoms with Crippen molar-refractivity contribution in [1.29, 1.82) is 0 Å². The van der Waals surface area contributed by atoms with Gasteiger partial charge in [0, 0.05) is 24.7 Å². The first-order valence-electron chi connectivity index (χ1n) is 9.60. The summed E-state index contributed by atoms with van der Waals surface area (Å²) in [6, 6.07) is 16.8. The lowest BCUT2D eigenvalue weighted by atomic mass is 10.0.